The van der Waals surface area contributed by atoms with Gasteiger partial charge in [0.25, 0.3) is 0 Å². The van der Waals surface area contributed by atoms with Crippen LogP contribution in [-0.4, -0.2) is 34.1 Å². The molecule has 6 nitrogen and oxygen atoms in total. The molecule has 1 saturated heterocycles. The summed E-state index contributed by atoms with van der Waals surface area (Å²) < 4.78 is 11.2. The number of likely N-dealkylation sites (tertiary alicyclic amines) is 1. The van der Waals surface area contributed by atoms with Crippen molar-refractivity contribution in [1.29, 1.82) is 0 Å². The normalized spacial score (nSPS) is 20.6. The van der Waals surface area contributed by atoms with Gasteiger partial charge in [0.1, 0.15) is 5.75 Å². The van der Waals surface area contributed by atoms with E-state index in [1.165, 1.54) is 11.1 Å². The van der Waals surface area contributed by atoms with E-state index in [2.05, 4.69) is 41.3 Å². The molecule has 2 atom stereocenters. The van der Waals surface area contributed by atoms with Crippen molar-refractivity contribution in [3.05, 3.63) is 65.5 Å². The number of hydrogen-bond acceptors (Lipinski definition) is 5. The van der Waals surface area contributed by atoms with Gasteiger partial charge in [-0.2, -0.15) is 4.98 Å². The fourth-order valence-electron chi connectivity index (χ4n) is 4.50. The predicted octanol–water partition coefficient (Wildman–Crippen LogP) is 4.53. The molecule has 1 aromatic heterocycles. The summed E-state index contributed by atoms with van der Waals surface area (Å²) in [7, 11) is 0. The van der Waals surface area contributed by atoms with Crippen molar-refractivity contribution >= 4 is 5.91 Å². The number of carbonyl (C=O) groups excluding carboxylic acids is 1. The highest BCUT2D eigenvalue weighted by Gasteiger charge is 2.40. The van der Waals surface area contributed by atoms with Crippen LogP contribution < -0.4 is 4.74 Å². The van der Waals surface area contributed by atoms with Gasteiger partial charge >= 0.3 is 0 Å². The molecule has 2 heterocycles. The van der Waals surface area contributed by atoms with E-state index in [1.807, 2.05) is 29.2 Å². The third kappa shape index (κ3) is 3.47. The Morgan fingerprint density at radius 2 is 2.00 bits per heavy atom. The molecule has 2 aliphatic rings. The molecule has 0 spiro atoms. The average molecular weight is 403 g/mol. The van der Waals surface area contributed by atoms with Crippen LogP contribution in [0.15, 0.2) is 53.1 Å². The van der Waals surface area contributed by atoms with E-state index in [-0.39, 0.29) is 17.9 Å². The summed E-state index contributed by atoms with van der Waals surface area (Å²) in [5, 5.41) is 4.15. The van der Waals surface area contributed by atoms with E-state index < -0.39 is 0 Å². The van der Waals surface area contributed by atoms with E-state index in [1.54, 1.807) is 0 Å². The predicted molar refractivity (Wildman–Crippen MR) is 112 cm³/mol. The molecule has 2 unspecified atom stereocenters. The second-order valence-electron chi connectivity index (χ2n) is 8.03. The van der Waals surface area contributed by atoms with Gasteiger partial charge < -0.3 is 14.2 Å². The number of hydrogen-bond donors (Lipinski definition) is 0. The maximum atomic E-state index is 12.8. The molecular formula is C24H25N3O3. The molecule has 5 rings (SSSR count). The number of rotatable bonds is 6. The highest BCUT2D eigenvalue weighted by molar-refractivity contribution is 5.80. The number of fused-ring (bicyclic) bond motifs is 1. The van der Waals surface area contributed by atoms with Crippen LogP contribution >= 0.6 is 0 Å². The van der Waals surface area contributed by atoms with Gasteiger partial charge in [0.2, 0.25) is 17.6 Å². The SMILES string of the molecule is CCCOc1ccc(-c2noc(C3CC(=O)N(C4CCc5ccccc54)C3)n2)cc1. The zero-order valence-electron chi connectivity index (χ0n) is 17.1. The summed E-state index contributed by atoms with van der Waals surface area (Å²) in [5.41, 5.74) is 3.51. The Labute approximate surface area is 175 Å². The Hall–Kier alpha value is -3.15. The lowest BCUT2D eigenvalue weighted by atomic mass is 10.1. The highest BCUT2D eigenvalue weighted by atomic mass is 16.5. The zero-order chi connectivity index (χ0) is 20.5. The van der Waals surface area contributed by atoms with Gasteiger partial charge in [-0.3, -0.25) is 4.79 Å². The van der Waals surface area contributed by atoms with Gasteiger partial charge in [-0.1, -0.05) is 36.3 Å². The standard InChI is InChI=1S/C24H25N3O3/c1-2-13-29-19-10-7-17(8-11-19)23-25-24(30-26-23)18-14-22(28)27(15-18)21-12-9-16-5-3-4-6-20(16)21/h3-8,10-11,18,21H,2,9,12-15H2,1H3. The molecule has 6 heteroatoms. The monoisotopic (exact) mass is 403 g/mol. The fourth-order valence-corrected chi connectivity index (χ4v) is 4.50. The Morgan fingerprint density at radius 3 is 2.83 bits per heavy atom. The van der Waals surface area contributed by atoms with Gasteiger partial charge in [0, 0.05) is 18.5 Å². The van der Waals surface area contributed by atoms with E-state index in [4.69, 9.17) is 9.26 Å². The van der Waals surface area contributed by atoms with Gasteiger partial charge in [0.15, 0.2) is 0 Å². The van der Waals surface area contributed by atoms with E-state index in [0.717, 1.165) is 30.6 Å². The Morgan fingerprint density at radius 1 is 1.17 bits per heavy atom. The molecule has 1 aliphatic heterocycles. The number of benzene rings is 2. The van der Waals surface area contributed by atoms with Crippen LogP contribution in [0.1, 0.15) is 55.2 Å². The van der Waals surface area contributed by atoms with Crippen molar-refractivity contribution in [1.82, 2.24) is 15.0 Å². The van der Waals surface area contributed by atoms with Crippen LogP contribution in [0.2, 0.25) is 0 Å². The average Bonchev–Trinajstić information content (AvgIpc) is 3.50. The number of ether oxygens (including phenoxy) is 1. The van der Waals surface area contributed by atoms with E-state index in [0.29, 0.717) is 31.3 Å². The van der Waals surface area contributed by atoms with Crippen LogP contribution in [-0.2, 0) is 11.2 Å². The summed E-state index contributed by atoms with van der Waals surface area (Å²) in [6.07, 6.45) is 3.40. The lowest BCUT2D eigenvalue weighted by Gasteiger charge is -2.25. The lowest BCUT2D eigenvalue weighted by molar-refractivity contribution is -0.129. The third-order valence-electron chi connectivity index (χ3n) is 6.01. The van der Waals surface area contributed by atoms with Crippen molar-refractivity contribution < 1.29 is 14.1 Å². The molecule has 0 bridgehead atoms. The second kappa shape index (κ2) is 7.94. The summed E-state index contributed by atoms with van der Waals surface area (Å²) in [5.74, 6) is 2.03. The van der Waals surface area contributed by atoms with Gasteiger partial charge in [-0.15, -0.1) is 0 Å². The number of aromatic nitrogens is 2. The summed E-state index contributed by atoms with van der Waals surface area (Å²) >= 11 is 0. The van der Waals surface area contributed by atoms with E-state index >= 15 is 0 Å². The number of nitrogens with zero attached hydrogens (tertiary/aromatic N) is 3. The molecule has 3 aromatic rings. The molecule has 0 N–H and O–H groups in total. The van der Waals surface area contributed by atoms with E-state index in [9.17, 15) is 4.79 Å². The largest absolute Gasteiger partial charge is 0.494 e. The maximum absolute atomic E-state index is 12.8. The summed E-state index contributed by atoms with van der Waals surface area (Å²) in [6.45, 7) is 3.40. The molecule has 154 valence electrons. The lowest BCUT2D eigenvalue weighted by Crippen LogP contribution is -2.28. The summed E-state index contributed by atoms with van der Waals surface area (Å²) in [4.78, 5) is 19.4. The molecule has 1 fully saturated rings. The topological polar surface area (TPSA) is 68.5 Å². The van der Waals surface area contributed by atoms with Gasteiger partial charge in [0.05, 0.1) is 18.6 Å². The van der Waals surface area contributed by atoms with Gasteiger partial charge in [-0.05, 0) is 54.7 Å². The van der Waals surface area contributed by atoms with Crippen molar-refractivity contribution in [3.8, 4) is 17.1 Å². The first kappa shape index (κ1) is 18.9. The molecular weight excluding hydrogens is 378 g/mol. The van der Waals surface area contributed by atoms with Crippen molar-refractivity contribution in [2.24, 2.45) is 0 Å². The Balaban J connectivity index is 1.30. The smallest absolute Gasteiger partial charge is 0.232 e. The minimum Gasteiger partial charge on any atom is -0.494 e. The molecule has 0 saturated carbocycles. The van der Waals surface area contributed by atoms with Crippen LogP contribution in [0.3, 0.4) is 0 Å². The first-order valence-electron chi connectivity index (χ1n) is 10.7. The first-order valence-corrected chi connectivity index (χ1v) is 10.7. The van der Waals surface area contributed by atoms with Crippen molar-refractivity contribution in [2.75, 3.05) is 13.2 Å². The van der Waals surface area contributed by atoms with Crippen molar-refractivity contribution in [3.63, 3.8) is 0 Å². The minimum atomic E-state index is -0.0568. The second-order valence-corrected chi connectivity index (χ2v) is 8.03. The third-order valence-corrected chi connectivity index (χ3v) is 6.01. The zero-order valence-corrected chi connectivity index (χ0v) is 17.1. The van der Waals surface area contributed by atoms with Crippen molar-refractivity contribution in [2.45, 2.75) is 44.6 Å². The Kier molecular flexibility index (Phi) is 4.99. The maximum Gasteiger partial charge on any atom is 0.232 e. The Bertz CT molecular complexity index is 1040. The van der Waals surface area contributed by atoms with Crippen LogP contribution in [0, 0.1) is 0 Å². The summed E-state index contributed by atoms with van der Waals surface area (Å²) in [6, 6.07) is 16.3. The molecule has 0 radical (unpaired) electrons. The first-order chi connectivity index (χ1) is 14.7. The number of aryl methyl sites for hydroxylation is 1. The molecule has 1 amide bonds. The number of amides is 1. The number of carbonyl (C=O) groups is 1. The molecule has 30 heavy (non-hydrogen) atoms. The fraction of sp³-hybridized carbons (Fsp3) is 0.375. The molecule has 2 aromatic carbocycles. The highest BCUT2D eigenvalue weighted by Crippen LogP contribution is 2.40. The van der Waals surface area contributed by atoms with Crippen LogP contribution in [0.4, 0.5) is 0 Å². The molecule has 1 aliphatic carbocycles. The van der Waals surface area contributed by atoms with Crippen LogP contribution in [0.25, 0.3) is 11.4 Å². The van der Waals surface area contributed by atoms with Crippen LogP contribution in [0.5, 0.6) is 5.75 Å². The minimum absolute atomic E-state index is 0.0568. The quantitative estimate of drug-likeness (QED) is 0.605. The van der Waals surface area contributed by atoms with Gasteiger partial charge in [-0.25, -0.2) is 0 Å².